The van der Waals surface area contributed by atoms with Gasteiger partial charge in [0.05, 0.1) is 11.4 Å². The topological polar surface area (TPSA) is 38.7 Å². The average molecular weight is 628 g/mol. The van der Waals surface area contributed by atoms with Crippen molar-refractivity contribution in [2.75, 3.05) is 0 Å². The van der Waals surface area contributed by atoms with Gasteiger partial charge in [-0.1, -0.05) is 141 Å². The van der Waals surface area contributed by atoms with Gasteiger partial charge in [0, 0.05) is 34.5 Å². The lowest BCUT2D eigenvalue weighted by Gasteiger charge is -2.23. The Hall–Kier alpha value is -6.19. The third-order valence-corrected chi connectivity index (χ3v) is 9.96. The van der Waals surface area contributed by atoms with Crippen molar-refractivity contribution < 1.29 is 0 Å². The summed E-state index contributed by atoms with van der Waals surface area (Å²) < 4.78 is 0. The van der Waals surface area contributed by atoms with Crippen molar-refractivity contribution in [3.05, 3.63) is 175 Å². The number of pyridine rings is 1. The van der Waals surface area contributed by atoms with Crippen molar-refractivity contribution in [1.29, 1.82) is 0 Å². The van der Waals surface area contributed by atoms with Crippen molar-refractivity contribution in [3.8, 4) is 67.3 Å². The van der Waals surface area contributed by atoms with Crippen LogP contribution in [0.25, 0.3) is 78.1 Å². The highest BCUT2D eigenvalue weighted by molar-refractivity contribution is 6.01. The molecule has 6 aromatic carbocycles. The van der Waals surface area contributed by atoms with Crippen LogP contribution in [-0.4, -0.2) is 15.0 Å². The van der Waals surface area contributed by atoms with Crippen molar-refractivity contribution in [2.24, 2.45) is 0 Å². The molecule has 49 heavy (non-hydrogen) atoms. The molecule has 0 amide bonds. The lowest BCUT2D eigenvalue weighted by Crippen LogP contribution is -2.15. The molecule has 0 atom stereocenters. The van der Waals surface area contributed by atoms with Crippen molar-refractivity contribution >= 4 is 10.8 Å². The molecule has 0 N–H and O–H groups in total. The molecule has 8 aromatic rings. The minimum Gasteiger partial charge on any atom is -0.264 e. The van der Waals surface area contributed by atoms with Crippen LogP contribution in [0.2, 0.25) is 0 Å². The molecule has 0 bridgehead atoms. The Labute approximate surface area is 286 Å². The number of hydrogen-bond donors (Lipinski definition) is 0. The van der Waals surface area contributed by atoms with E-state index in [1.807, 2.05) is 24.4 Å². The van der Waals surface area contributed by atoms with E-state index >= 15 is 0 Å². The van der Waals surface area contributed by atoms with Crippen molar-refractivity contribution in [3.63, 3.8) is 0 Å². The highest BCUT2D eigenvalue weighted by Crippen LogP contribution is 2.54. The lowest BCUT2D eigenvalue weighted by atomic mass is 9.80. The van der Waals surface area contributed by atoms with Gasteiger partial charge in [0.25, 0.3) is 0 Å². The molecule has 3 nitrogen and oxygen atoms in total. The Morgan fingerprint density at radius 1 is 0.469 bits per heavy atom. The van der Waals surface area contributed by atoms with Crippen LogP contribution in [0, 0.1) is 0 Å². The minimum atomic E-state index is -0.116. The Balaban J connectivity index is 1.18. The molecule has 0 saturated heterocycles. The van der Waals surface area contributed by atoms with E-state index in [-0.39, 0.29) is 5.41 Å². The van der Waals surface area contributed by atoms with Crippen LogP contribution in [0.15, 0.2) is 164 Å². The van der Waals surface area contributed by atoms with Crippen LogP contribution in [0.3, 0.4) is 0 Å². The van der Waals surface area contributed by atoms with Gasteiger partial charge in [-0.05, 0) is 79.5 Å². The molecule has 0 fully saturated rings. The average Bonchev–Trinajstić information content (AvgIpc) is 3.42. The second-order valence-electron chi connectivity index (χ2n) is 13.3. The summed E-state index contributed by atoms with van der Waals surface area (Å²) in [4.78, 5) is 14.6. The first kappa shape index (κ1) is 29.0. The van der Waals surface area contributed by atoms with Gasteiger partial charge >= 0.3 is 0 Å². The molecule has 2 heterocycles. The number of nitrogens with zero attached hydrogens (tertiary/aromatic N) is 3. The van der Waals surface area contributed by atoms with E-state index in [9.17, 15) is 0 Å². The van der Waals surface area contributed by atoms with Crippen molar-refractivity contribution in [1.82, 2.24) is 15.0 Å². The summed E-state index contributed by atoms with van der Waals surface area (Å²) in [5.74, 6) is 0.685. The lowest BCUT2D eigenvalue weighted by molar-refractivity contribution is 0.666. The first-order valence-electron chi connectivity index (χ1n) is 16.8. The molecule has 0 radical (unpaired) electrons. The summed E-state index contributed by atoms with van der Waals surface area (Å²) in [6.07, 6.45) is 3.65. The first-order chi connectivity index (χ1) is 24.0. The van der Waals surface area contributed by atoms with E-state index in [1.165, 1.54) is 49.7 Å². The van der Waals surface area contributed by atoms with E-state index in [2.05, 4.69) is 152 Å². The molecule has 0 aliphatic heterocycles. The first-order valence-corrected chi connectivity index (χ1v) is 16.8. The number of benzene rings is 6. The normalized spacial score (nSPS) is 12.9. The third-order valence-electron chi connectivity index (χ3n) is 9.96. The smallest absolute Gasteiger partial charge is 0.160 e. The second-order valence-corrected chi connectivity index (χ2v) is 13.3. The van der Waals surface area contributed by atoms with Crippen LogP contribution in [0.4, 0.5) is 0 Å². The number of rotatable bonds is 5. The number of hydrogen-bond acceptors (Lipinski definition) is 3. The van der Waals surface area contributed by atoms with Crippen molar-refractivity contribution in [2.45, 2.75) is 19.3 Å². The molecule has 232 valence electrons. The van der Waals surface area contributed by atoms with Gasteiger partial charge in [-0.25, -0.2) is 9.97 Å². The fourth-order valence-electron chi connectivity index (χ4n) is 7.57. The fraction of sp³-hybridized carbons (Fsp3) is 0.0652. The fourth-order valence-corrected chi connectivity index (χ4v) is 7.57. The van der Waals surface area contributed by atoms with Crippen LogP contribution >= 0.6 is 0 Å². The molecule has 2 aromatic heterocycles. The number of fused-ring (bicyclic) bond motifs is 5. The monoisotopic (exact) mass is 627 g/mol. The van der Waals surface area contributed by atoms with E-state index in [0.717, 1.165) is 33.6 Å². The molecule has 0 spiro atoms. The molecule has 9 rings (SSSR count). The van der Waals surface area contributed by atoms with Gasteiger partial charge < -0.3 is 0 Å². The SMILES string of the molecule is CC1(C)c2cccc(-c3cccc(-c4cc(-c5cccnc5)nc(-c5ccc(-c6ccccc6)cc5)n4)c3)c2-c2ccc3ccccc3c21. The summed E-state index contributed by atoms with van der Waals surface area (Å²) in [5.41, 5.74) is 14.7. The maximum Gasteiger partial charge on any atom is 0.160 e. The van der Waals surface area contributed by atoms with E-state index in [0.29, 0.717) is 5.82 Å². The third kappa shape index (κ3) is 4.94. The Kier molecular flexibility index (Phi) is 6.80. The van der Waals surface area contributed by atoms with Gasteiger partial charge in [-0.15, -0.1) is 0 Å². The standard InChI is InChI=1S/C46H33N3/c1-46(2)40-19-9-18-37(43(40)39-25-24-32-13-6-7-17-38(32)44(39)46)34-14-8-15-35(27-34)41-28-42(36-16-10-26-47-29-36)49-45(48-41)33-22-20-31(21-23-33)30-11-4-3-5-12-30/h3-29H,1-2H3. The Bertz CT molecular complexity index is 2500. The zero-order valence-corrected chi connectivity index (χ0v) is 27.4. The maximum atomic E-state index is 5.17. The summed E-state index contributed by atoms with van der Waals surface area (Å²) in [5, 5.41) is 2.61. The van der Waals surface area contributed by atoms with Crippen LogP contribution in [0.1, 0.15) is 25.0 Å². The molecular weight excluding hydrogens is 595 g/mol. The quantitative estimate of drug-likeness (QED) is 0.191. The number of aromatic nitrogens is 3. The zero-order valence-electron chi connectivity index (χ0n) is 27.4. The van der Waals surface area contributed by atoms with Gasteiger partial charge in [-0.3, -0.25) is 4.98 Å². The molecule has 0 unspecified atom stereocenters. The van der Waals surface area contributed by atoms with Crippen LogP contribution in [0.5, 0.6) is 0 Å². The Morgan fingerprint density at radius 3 is 1.96 bits per heavy atom. The van der Waals surface area contributed by atoms with Gasteiger partial charge in [0.1, 0.15) is 0 Å². The van der Waals surface area contributed by atoms with E-state index in [1.54, 1.807) is 6.20 Å². The molecular formula is C46H33N3. The summed E-state index contributed by atoms with van der Waals surface area (Å²) >= 11 is 0. The summed E-state index contributed by atoms with van der Waals surface area (Å²) in [6.45, 7) is 4.72. The van der Waals surface area contributed by atoms with Crippen LogP contribution < -0.4 is 0 Å². The van der Waals surface area contributed by atoms with E-state index < -0.39 is 0 Å². The maximum absolute atomic E-state index is 5.17. The summed E-state index contributed by atoms with van der Waals surface area (Å²) in [7, 11) is 0. The second kappa shape index (κ2) is 11.5. The minimum absolute atomic E-state index is 0.116. The molecule has 3 heteroatoms. The Morgan fingerprint density at radius 2 is 1.14 bits per heavy atom. The van der Waals surface area contributed by atoms with Crippen LogP contribution in [-0.2, 0) is 5.41 Å². The van der Waals surface area contributed by atoms with E-state index in [4.69, 9.17) is 9.97 Å². The predicted molar refractivity (Wildman–Crippen MR) is 202 cm³/mol. The highest BCUT2D eigenvalue weighted by atomic mass is 14.9. The summed E-state index contributed by atoms with van der Waals surface area (Å²) in [6, 6.07) is 53.9. The zero-order chi connectivity index (χ0) is 33.0. The largest absolute Gasteiger partial charge is 0.264 e. The van der Waals surface area contributed by atoms with Gasteiger partial charge in [0.15, 0.2) is 5.82 Å². The molecule has 0 saturated carbocycles. The van der Waals surface area contributed by atoms with Gasteiger partial charge in [-0.2, -0.15) is 0 Å². The highest BCUT2D eigenvalue weighted by Gasteiger charge is 2.38. The predicted octanol–water partition coefficient (Wildman–Crippen LogP) is 11.7. The molecule has 1 aliphatic rings. The van der Waals surface area contributed by atoms with Gasteiger partial charge in [0.2, 0.25) is 0 Å². The molecule has 1 aliphatic carbocycles.